The van der Waals surface area contributed by atoms with Crippen LogP contribution in [-0.4, -0.2) is 48.8 Å². The van der Waals surface area contributed by atoms with Crippen molar-refractivity contribution in [1.82, 2.24) is 4.90 Å². The predicted octanol–water partition coefficient (Wildman–Crippen LogP) is 2.35. The SMILES string of the molecule is CCOC(=O)c1ccc(NC(=S)N2CCC[NH+](Cc3ccccc3)CC2)cc1. The second-order valence-corrected chi connectivity index (χ2v) is 7.37. The monoisotopic (exact) mass is 398 g/mol. The summed E-state index contributed by atoms with van der Waals surface area (Å²) in [5, 5.41) is 4.04. The molecule has 2 aromatic carbocycles. The molecule has 1 heterocycles. The van der Waals surface area contributed by atoms with E-state index in [9.17, 15) is 4.79 Å². The number of quaternary nitrogens is 1. The zero-order chi connectivity index (χ0) is 19.8. The highest BCUT2D eigenvalue weighted by atomic mass is 32.1. The third kappa shape index (κ3) is 5.78. The Bertz CT molecular complexity index is 780. The van der Waals surface area contributed by atoms with Crippen molar-refractivity contribution in [3.63, 3.8) is 0 Å². The fourth-order valence-corrected chi connectivity index (χ4v) is 3.72. The number of nitrogens with one attached hydrogen (secondary N) is 2. The summed E-state index contributed by atoms with van der Waals surface area (Å²) >= 11 is 5.62. The van der Waals surface area contributed by atoms with Crippen LogP contribution in [-0.2, 0) is 11.3 Å². The highest BCUT2D eigenvalue weighted by Crippen LogP contribution is 2.12. The van der Waals surface area contributed by atoms with Gasteiger partial charge in [-0.3, -0.25) is 0 Å². The lowest BCUT2D eigenvalue weighted by molar-refractivity contribution is -0.911. The van der Waals surface area contributed by atoms with Crippen molar-refractivity contribution in [2.24, 2.45) is 0 Å². The summed E-state index contributed by atoms with van der Waals surface area (Å²) in [6.45, 7) is 7.36. The number of carbonyl (C=O) groups is 1. The first-order valence-corrected chi connectivity index (χ1v) is 10.3. The summed E-state index contributed by atoms with van der Waals surface area (Å²) in [5.74, 6) is -0.300. The number of rotatable bonds is 5. The predicted molar refractivity (Wildman–Crippen MR) is 116 cm³/mol. The van der Waals surface area contributed by atoms with E-state index in [2.05, 4.69) is 40.5 Å². The molecule has 0 amide bonds. The van der Waals surface area contributed by atoms with Gasteiger partial charge in [0.25, 0.3) is 0 Å². The lowest BCUT2D eigenvalue weighted by Crippen LogP contribution is -3.11. The van der Waals surface area contributed by atoms with Gasteiger partial charge in [-0.15, -0.1) is 0 Å². The number of ether oxygens (including phenoxy) is 1. The summed E-state index contributed by atoms with van der Waals surface area (Å²) in [6.07, 6.45) is 1.12. The summed E-state index contributed by atoms with van der Waals surface area (Å²) < 4.78 is 5.01. The lowest BCUT2D eigenvalue weighted by atomic mass is 10.2. The second kappa shape index (κ2) is 10.2. The molecule has 6 heteroatoms. The van der Waals surface area contributed by atoms with Gasteiger partial charge in [0, 0.05) is 24.2 Å². The quantitative estimate of drug-likeness (QED) is 0.598. The van der Waals surface area contributed by atoms with Crippen LogP contribution in [0, 0.1) is 0 Å². The summed E-state index contributed by atoms with van der Waals surface area (Å²) in [4.78, 5) is 15.6. The van der Waals surface area contributed by atoms with Gasteiger partial charge in [0.1, 0.15) is 6.54 Å². The molecular formula is C22H28N3O2S+. The average Bonchev–Trinajstić information content (AvgIpc) is 2.95. The fourth-order valence-electron chi connectivity index (χ4n) is 3.42. The molecule has 1 saturated heterocycles. The van der Waals surface area contributed by atoms with Crippen molar-refractivity contribution >= 4 is 29.0 Å². The fraction of sp³-hybridized carbons (Fsp3) is 0.364. The van der Waals surface area contributed by atoms with Crippen LogP contribution in [0.3, 0.4) is 0 Å². The Labute approximate surface area is 172 Å². The van der Waals surface area contributed by atoms with Gasteiger partial charge >= 0.3 is 5.97 Å². The molecule has 0 radical (unpaired) electrons. The van der Waals surface area contributed by atoms with Crippen LogP contribution >= 0.6 is 12.2 Å². The highest BCUT2D eigenvalue weighted by Gasteiger charge is 2.19. The molecule has 1 aliphatic heterocycles. The van der Waals surface area contributed by atoms with Gasteiger partial charge in [0.15, 0.2) is 5.11 Å². The van der Waals surface area contributed by atoms with E-state index in [0.29, 0.717) is 12.2 Å². The van der Waals surface area contributed by atoms with Crippen LogP contribution in [0.25, 0.3) is 0 Å². The molecular weight excluding hydrogens is 370 g/mol. The molecule has 1 atom stereocenters. The van der Waals surface area contributed by atoms with E-state index in [1.807, 2.05) is 12.1 Å². The maximum absolute atomic E-state index is 11.7. The average molecular weight is 399 g/mol. The number of benzene rings is 2. The van der Waals surface area contributed by atoms with Crippen molar-refractivity contribution < 1.29 is 14.4 Å². The Balaban J connectivity index is 1.51. The first-order valence-electron chi connectivity index (χ1n) is 9.86. The summed E-state index contributed by atoms with van der Waals surface area (Å²) in [7, 11) is 0. The van der Waals surface area contributed by atoms with E-state index >= 15 is 0 Å². The van der Waals surface area contributed by atoms with Crippen LogP contribution in [0.1, 0.15) is 29.3 Å². The van der Waals surface area contributed by atoms with E-state index in [4.69, 9.17) is 17.0 Å². The lowest BCUT2D eigenvalue weighted by Gasteiger charge is -2.23. The highest BCUT2D eigenvalue weighted by molar-refractivity contribution is 7.80. The van der Waals surface area contributed by atoms with Crippen LogP contribution in [0.4, 0.5) is 5.69 Å². The molecule has 28 heavy (non-hydrogen) atoms. The van der Waals surface area contributed by atoms with Gasteiger partial charge in [0.2, 0.25) is 0 Å². The molecule has 5 nitrogen and oxygen atoms in total. The summed E-state index contributed by atoms with van der Waals surface area (Å²) in [5.41, 5.74) is 2.82. The zero-order valence-corrected chi connectivity index (χ0v) is 17.1. The maximum atomic E-state index is 11.7. The number of anilines is 1. The molecule has 1 unspecified atom stereocenters. The number of hydrogen-bond donors (Lipinski definition) is 2. The summed E-state index contributed by atoms with van der Waals surface area (Å²) in [6, 6.07) is 17.9. The van der Waals surface area contributed by atoms with Gasteiger partial charge in [-0.05, 0) is 43.4 Å². The number of nitrogens with zero attached hydrogens (tertiary/aromatic N) is 1. The third-order valence-corrected chi connectivity index (χ3v) is 5.29. The Morgan fingerprint density at radius 3 is 2.57 bits per heavy atom. The molecule has 1 aliphatic rings. The van der Waals surface area contributed by atoms with Crippen molar-refractivity contribution in [3.8, 4) is 0 Å². The first kappa shape index (κ1) is 20.3. The Hall–Kier alpha value is -2.44. The number of hydrogen-bond acceptors (Lipinski definition) is 3. The zero-order valence-electron chi connectivity index (χ0n) is 16.3. The van der Waals surface area contributed by atoms with Gasteiger partial charge < -0.3 is 19.9 Å². The molecule has 2 N–H and O–H groups in total. The largest absolute Gasteiger partial charge is 0.462 e. The number of esters is 1. The van der Waals surface area contributed by atoms with E-state index in [1.165, 1.54) is 5.56 Å². The Morgan fingerprint density at radius 2 is 1.86 bits per heavy atom. The van der Waals surface area contributed by atoms with Gasteiger partial charge in [-0.25, -0.2) is 4.79 Å². The van der Waals surface area contributed by atoms with Crippen LogP contribution in [0.15, 0.2) is 54.6 Å². The van der Waals surface area contributed by atoms with Gasteiger partial charge in [0.05, 0.1) is 31.8 Å². The number of thiocarbonyl (C=S) groups is 1. The molecule has 1 fully saturated rings. The molecule has 0 saturated carbocycles. The standard InChI is InChI=1S/C22H27N3O2S/c1-2-27-21(26)19-9-11-20(12-10-19)23-22(28)25-14-6-13-24(15-16-25)17-18-7-4-3-5-8-18/h3-5,7-12H,2,6,13-17H2,1H3,(H,23,28)/p+1. The molecule has 0 spiro atoms. The van der Waals surface area contributed by atoms with Crippen molar-refractivity contribution in [3.05, 3.63) is 65.7 Å². The molecule has 3 rings (SSSR count). The van der Waals surface area contributed by atoms with E-state index in [-0.39, 0.29) is 5.97 Å². The normalized spacial score (nSPS) is 16.9. The van der Waals surface area contributed by atoms with Crippen LogP contribution in [0.2, 0.25) is 0 Å². The van der Waals surface area contributed by atoms with E-state index in [1.54, 1.807) is 24.0 Å². The van der Waals surface area contributed by atoms with E-state index in [0.717, 1.165) is 49.9 Å². The molecule has 0 aliphatic carbocycles. The molecule has 0 aromatic heterocycles. The number of carbonyl (C=O) groups excluding carboxylic acids is 1. The first-order chi connectivity index (χ1) is 13.7. The Kier molecular flexibility index (Phi) is 7.39. The third-order valence-electron chi connectivity index (χ3n) is 4.93. The second-order valence-electron chi connectivity index (χ2n) is 6.98. The molecule has 0 bridgehead atoms. The van der Waals surface area contributed by atoms with E-state index < -0.39 is 0 Å². The minimum Gasteiger partial charge on any atom is -0.462 e. The van der Waals surface area contributed by atoms with Gasteiger partial charge in [-0.1, -0.05) is 30.3 Å². The Morgan fingerprint density at radius 1 is 1.11 bits per heavy atom. The minimum absolute atomic E-state index is 0.300. The van der Waals surface area contributed by atoms with Crippen molar-refractivity contribution in [1.29, 1.82) is 0 Å². The smallest absolute Gasteiger partial charge is 0.338 e. The maximum Gasteiger partial charge on any atom is 0.338 e. The topological polar surface area (TPSA) is 46.0 Å². The molecule has 148 valence electrons. The van der Waals surface area contributed by atoms with Crippen LogP contribution < -0.4 is 10.2 Å². The molecule has 2 aromatic rings. The minimum atomic E-state index is -0.300. The van der Waals surface area contributed by atoms with Crippen LogP contribution in [0.5, 0.6) is 0 Å². The van der Waals surface area contributed by atoms with Gasteiger partial charge in [-0.2, -0.15) is 0 Å². The van der Waals surface area contributed by atoms with Crippen molar-refractivity contribution in [2.75, 3.05) is 38.1 Å². The van der Waals surface area contributed by atoms with Crippen molar-refractivity contribution in [2.45, 2.75) is 19.9 Å².